The van der Waals surface area contributed by atoms with Crippen LogP contribution in [-0.2, 0) is 0 Å². The highest BCUT2D eigenvalue weighted by atomic mass is 16.3. The number of nitrogens with zero attached hydrogens (tertiary/aromatic N) is 1. The molecule has 2 N–H and O–H groups in total. The van der Waals surface area contributed by atoms with Gasteiger partial charge < -0.3 is 5.11 Å². The Kier molecular flexibility index (Phi) is 2.29. The van der Waals surface area contributed by atoms with Gasteiger partial charge in [-0.05, 0) is 24.3 Å². The van der Waals surface area contributed by atoms with Gasteiger partial charge in [-0.25, -0.2) is 0 Å². The summed E-state index contributed by atoms with van der Waals surface area (Å²) in [6.45, 7) is 0. The smallest absolute Gasteiger partial charge is 0.264 e. The molecular formula is C8H6N2O2. The first-order valence-corrected chi connectivity index (χ1v) is 3.22. The van der Waals surface area contributed by atoms with Gasteiger partial charge in [-0.2, -0.15) is 5.26 Å². The summed E-state index contributed by atoms with van der Waals surface area (Å²) in [6.07, 6.45) is 1.52. The summed E-state index contributed by atoms with van der Waals surface area (Å²) in [7, 11) is 0. The Morgan fingerprint density at radius 2 is 2.00 bits per heavy atom. The number of nitriles is 1. The predicted octanol–water partition coefficient (Wildman–Crippen LogP) is 0.603. The van der Waals surface area contributed by atoms with E-state index in [1.54, 1.807) is 0 Å². The zero-order valence-corrected chi connectivity index (χ0v) is 6.11. The minimum Gasteiger partial charge on any atom is -0.508 e. The van der Waals surface area contributed by atoms with Crippen molar-refractivity contribution in [3.8, 4) is 11.9 Å². The van der Waals surface area contributed by atoms with Crippen LogP contribution in [0.15, 0.2) is 24.3 Å². The summed E-state index contributed by atoms with van der Waals surface area (Å²) < 4.78 is 0. The van der Waals surface area contributed by atoms with Crippen molar-refractivity contribution in [3.05, 3.63) is 29.8 Å². The zero-order valence-electron chi connectivity index (χ0n) is 6.11. The highest BCUT2D eigenvalue weighted by Crippen LogP contribution is 2.08. The maximum absolute atomic E-state index is 10.9. The fraction of sp³-hybridized carbons (Fsp3) is 0. The van der Waals surface area contributed by atoms with Gasteiger partial charge >= 0.3 is 0 Å². The van der Waals surface area contributed by atoms with Crippen LogP contribution in [0.5, 0.6) is 5.75 Å². The molecule has 0 aliphatic carbocycles. The Balaban J connectivity index is 2.84. The second-order valence-electron chi connectivity index (χ2n) is 2.11. The molecule has 0 saturated carbocycles. The molecule has 0 heterocycles. The lowest BCUT2D eigenvalue weighted by Crippen LogP contribution is -2.16. The normalized spacial score (nSPS) is 8.58. The van der Waals surface area contributed by atoms with Crippen molar-refractivity contribution in [1.29, 1.82) is 5.26 Å². The van der Waals surface area contributed by atoms with Crippen molar-refractivity contribution in [2.75, 3.05) is 0 Å². The molecule has 4 nitrogen and oxygen atoms in total. The number of benzene rings is 1. The maximum Gasteiger partial charge on any atom is 0.264 e. The maximum atomic E-state index is 10.9. The van der Waals surface area contributed by atoms with E-state index in [4.69, 9.17) is 10.4 Å². The van der Waals surface area contributed by atoms with Gasteiger partial charge in [0.05, 0.1) is 0 Å². The Bertz CT molecular complexity index is 324. The van der Waals surface area contributed by atoms with Crippen LogP contribution in [0.25, 0.3) is 0 Å². The molecule has 0 radical (unpaired) electrons. The number of phenolic OH excluding ortho intramolecular Hbond substituents is 1. The van der Waals surface area contributed by atoms with Crippen LogP contribution in [0.4, 0.5) is 0 Å². The summed E-state index contributed by atoms with van der Waals surface area (Å²) >= 11 is 0. The van der Waals surface area contributed by atoms with Crippen LogP contribution in [0.2, 0.25) is 0 Å². The number of nitrogens with one attached hydrogen (secondary N) is 1. The molecule has 0 unspecified atom stereocenters. The Morgan fingerprint density at radius 3 is 2.50 bits per heavy atom. The fourth-order valence-electron chi connectivity index (χ4n) is 0.736. The molecule has 4 heteroatoms. The molecule has 1 rings (SSSR count). The lowest BCUT2D eigenvalue weighted by molar-refractivity contribution is 0.0973. The molecule has 60 valence electrons. The molecule has 1 amide bonds. The molecule has 0 atom stereocenters. The number of amides is 1. The Morgan fingerprint density at radius 1 is 1.42 bits per heavy atom. The van der Waals surface area contributed by atoms with Crippen molar-refractivity contribution < 1.29 is 9.90 Å². The lowest BCUT2D eigenvalue weighted by Gasteiger charge is -1.96. The second-order valence-corrected chi connectivity index (χ2v) is 2.11. The average Bonchev–Trinajstić information content (AvgIpc) is 2.06. The topological polar surface area (TPSA) is 73.1 Å². The van der Waals surface area contributed by atoms with E-state index in [1.807, 2.05) is 5.32 Å². The number of aromatic hydroxyl groups is 1. The van der Waals surface area contributed by atoms with Crippen molar-refractivity contribution in [3.63, 3.8) is 0 Å². The van der Waals surface area contributed by atoms with Crippen molar-refractivity contribution in [1.82, 2.24) is 5.32 Å². The van der Waals surface area contributed by atoms with E-state index >= 15 is 0 Å². The molecule has 0 aliphatic heterocycles. The molecule has 0 fully saturated rings. The molecule has 0 aliphatic rings. The first-order chi connectivity index (χ1) is 5.74. The summed E-state index contributed by atoms with van der Waals surface area (Å²) in [6, 6.07) is 5.63. The van der Waals surface area contributed by atoms with E-state index in [9.17, 15) is 4.79 Å². The summed E-state index contributed by atoms with van der Waals surface area (Å²) in [5, 5.41) is 19.0. The van der Waals surface area contributed by atoms with E-state index < -0.39 is 5.91 Å². The van der Waals surface area contributed by atoms with Gasteiger partial charge in [-0.1, -0.05) is 0 Å². The van der Waals surface area contributed by atoms with E-state index in [-0.39, 0.29) is 5.75 Å². The van der Waals surface area contributed by atoms with Crippen LogP contribution in [0.1, 0.15) is 10.4 Å². The monoisotopic (exact) mass is 162 g/mol. The number of carbonyl (C=O) groups excluding carboxylic acids is 1. The SMILES string of the molecule is N#CNC(=O)c1ccc(O)cc1. The number of hydrogen-bond donors (Lipinski definition) is 2. The van der Waals surface area contributed by atoms with Crippen molar-refractivity contribution in [2.24, 2.45) is 0 Å². The minimum absolute atomic E-state index is 0.0866. The predicted molar refractivity (Wildman–Crippen MR) is 41.2 cm³/mol. The van der Waals surface area contributed by atoms with E-state index in [0.29, 0.717) is 5.56 Å². The quantitative estimate of drug-likeness (QED) is 0.469. The van der Waals surface area contributed by atoms with Gasteiger partial charge in [-0.3, -0.25) is 10.1 Å². The molecule has 0 aromatic heterocycles. The van der Waals surface area contributed by atoms with Crippen LogP contribution in [-0.4, -0.2) is 11.0 Å². The van der Waals surface area contributed by atoms with Gasteiger partial charge in [0.2, 0.25) is 0 Å². The van der Waals surface area contributed by atoms with Gasteiger partial charge in [0.25, 0.3) is 5.91 Å². The number of carbonyl (C=O) groups is 1. The third-order valence-corrected chi connectivity index (χ3v) is 1.30. The highest BCUT2D eigenvalue weighted by molar-refractivity contribution is 5.95. The summed E-state index contributed by atoms with van der Waals surface area (Å²) in [5.41, 5.74) is 0.342. The third-order valence-electron chi connectivity index (χ3n) is 1.30. The molecular weight excluding hydrogens is 156 g/mol. The second kappa shape index (κ2) is 3.39. The van der Waals surface area contributed by atoms with Crippen LogP contribution < -0.4 is 5.32 Å². The highest BCUT2D eigenvalue weighted by Gasteiger charge is 2.02. The number of rotatable bonds is 1. The van der Waals surface area contributed by atoms with Gasteiger partial charge in [-0.15, -0.1) is 0 Å². The van der Waals surface area contributed by atoms with Gasteiger partial charge in [0.15, 0.2) is 6.19 Å². The van der Waals surface area contributed by atoms with Gasteiger partial charge in [0.1, 0.15) is 5.75 Å². The van der Waals surface area contributed by atoms with Gasteiger partial charge in [0, 0.05) is 5.56 Å². The molecule has 1 aromatic carbocycles. The number of phenols is 1. The Labute approximate surface area is 69.1 Å². The van der Waals surface area contributed by atoms with E-state index in [0.717, 1.165) is 0 Å². The van der Waals surface area contributed by atoms with Crippen LogP contribution in [0, 0.1) is 11.5 Å². The van der Waals surface area contributed by atoms with Crippen LogP contribution >= 0.6 is 0 Å². The van der Waals surface area contributed by atoms with E-state index in [2.05, 4.69) is 0 Å². The minimum atomic E-state index is -0.475. The number of hydrogen-bond acceptors (Lipinski definition) is 3. The molecule has 0 bridgehead atoms. The third kappa shape index (κ3) is 1.73. The van der Waals surface area contributed by atoms with Crippen molar-refractivity contribution in [2.45, 2.75) is 0 Å². The Hall–Kier alpha value is -2.02. The summed E-state index contributed by atoms with van der Waals surface area (Å²) in [4.78, 5) is 10.9. The zero-order chi connectivity index (χ0) is 8.97. The fourth-order valence-corrected chi connectivity index (χ4v) is 0.736. The molecule has 12 heavy (non-hydrogen) atoms. The largest absolute Gasteiger partial charge is 0.508 e. The van der Waals surface area contributed by atoms with E-state index in [1.165, 1.54) is 30.5 Å². The molecule has 1 aromatic rings. The lowest BCUT2D eigenvalue weighted by atomic mass is 10.2. The first kappa shape index (κ1) is 8.08. The first-order valence-electron chi connectivity index (χ1n) is 3.22. The molecule has 0 spiro atoms. The summed E-state index contributed by atoms with van der Waals surface area (Å²) in [5.74, 6) is -0.388. The average molecular weight is 162 g/mol. The molecule has 0 saturated heterocycles. The van der Waals surface area contributed by atoms with Crippen molar-refractivity contribution >= 4 is 5.91 Å². The van der Waals surface area contributed by atoms with Crippen LogP contribution in [0.3, 0.4) is 0 Å². The standard InChI is InChI=1S/C8H6N2O2/c9-5-10-8(12)6-1-3-7(11)4-2-6/h1-4,11H,(H,10,12).